The number of nitrogens with zero attached hydrogens (tertiary/aromatic N) is 5. The summed E-state index contributed by atoms with van der Waals surface area (Å²) in [7, 11) is 0. The lowest BCUT2D eigenvalue weighted by Gasteiger charge is -2.28. The van der Waals surface area contributed by atoms with E-state index < -0.39 is 0 Å². The van der Waals surface area contributed by atoms with E-state index >= 15 is 0 Å². The van der Waals surface area contributed by atoms with Crippen LogP contribution in [0.4, 0.5) is 5.69 Å². The van der Waals surface area contributed by atoms with Gasteiger partial charge >= 0.3 is 0 Å². The van der Waals surface area contributed by atoms with Gasteiger partial charge in [-0.3, -0.25) is 9.89 Å². The highest BCUT2D eigenvalue weighted by atomic mass is 35.5. The molecule has 1 aromatic rings. The van der Waals surface area contributed by atoms with Gasteiger partial charge in [0.2, 0.25) is 0 Å². The van der Waals surface area contributed by atoms with Crippen molar-refractivity contribution in [2.75, 3.05) is 30.2 Å². The summed E-state index contributed by atoms with van der Waals surface area (Å²) in [6.45, 7) is 3.76. The maximum absolute atomic E-state index is 5.93. The molecule has 2 unspecified atom stereocenters. The number of hydrogen-bond acceptors (Lipinski definition) is 6. The van der Waals surface area contributed by atoms with Crippen molar-refractivity contribution < 1.29 is 0 Å². The Kier molecular flexibility index (Phi) is 6.18. The van der Waals surface area contributed by atoms with Crippen molar-refractivity contribution in [2.24, 2.45) is 20.0 Å². The van der Waals surface area contributed by atoms with Crippen LogP contribution in [-0.4, -0.2) is 60.1 Å². The number of amidine groups is 2. The summed E-state index contributed by atoms with van der Waals surface area (Å²) in [5, 5.41) is 3.34. The molecule has 25 heavy (non-hydrogen) atoms. The molecule has 3 rings (SSSR count). The third kappa shape index (κ3) is 4.26. The normalized spacial score (nSPS) is 19.6. The largest absolute Gasteiger partial charge is 0.341 e. The third-order valence-electron chi connectivity index (χ3n) is 4.23. The lowest BCUT2D eigenvalue weighted by atomic mass is 10.1. The standard InChI is InChI=1S/C17H20Cl2N6/c1-12(25(7-5-18)8-6-19)13-3-2-4-14(9-13)24-17-15-16(21-10-20-15)22-11-23-17/h2-4,9-12,15H,5-8H2,1H3,(H,20,21,22,23,24). The average molecular weight is 379 g/mol. The van der Waals surface area contributed by atoms with Crippen molar-refractivity contribution in [3.05, 3.63) is 29.8 Å². The minimum Gasteiger partial charge on any atom is -0.341 e. The maximum Gasteiger partial charge on any atom is 0.169 e. The van der Waals surface area contributed by atoms with E-state index in [9.17, 15) is 0 Å². The zero-order valence-corrected chi connectivity index (χ0v) is 15.5. The summed E-state index contributed by atoms with van der Waals surface area (Å²) >= 11 is 11.9. The van der Waals surface area contributed by atoms with Crippen LogP contribution in [0.3, 0.4) is 0 Å². The Morgan fingerprint density at radius 1 is 1.16 bits per heavy atom. The highest BCUT2D eigenvalue weighted by Gasteiger charge is 2.26. The number of benzene rings is 1. The molecule has 1 N–H and O–H groups in total. The molecule has 0 aromatic heterocycles. The van der Waals surface area contributed by atoms with Crippen LogP contribution in [0.25, 0.3) is 0 Å². The first-order valence-corrected chi connectivity index (χ1v) is 9.22. The fraction of sp³-hybridized carbons (Fsp3) is 0.412. The molecule has 0 radical (unpaired) electrons. The van der Waals surface area contributed by atoms with Crippen LogP contribution >= 0.6 is 23.2 Å². The molecule has 2 aliphatic heterocycles. The second-order valence-electron chi connectivity index (χ2n) is 5.75. The zero-order valence-electron chi connectivity index (χ0n) is 13.9. The summed E-state index contributed by atoms with van der Waals surface area (Å²) in [6, 6.07) is 8.23. The van der Waals surface area contributed by atoms with Crippen molar-refractivity contribution in [3.63, 3.8) is 0 Å². The Bertz CT molecular complexity index is 722. The van der Waals surface area contributed by atoms with Crippen molar-refractivity contribution in [1.29, 1.82) is 0 Å². The van der Waals surface area contributed by atoms with E-state index in [4.69, 9.17) is 23.2 Å². The smallest absolute Gasteiger partial charge is 0.169 e. The molecule has 0 saturated carbocycles. The number of nitrogens with one attached hydrogen (secondary N) is 1. The summed E-state index contributed by atoms with van der Waals surface area (Å²) in [4.78, 5) is 19.1. The quantitative estimate of drug-likeness (QED) is 0.740. The SMILES string of the molecule is CC(c1cccc(NC2=NC=NC3=NC=NC32)c1)N(CCCl)CCCl. The highest BCUT2D eigenvalue weighted by Crippen LogP contribution is 2.24. The minimum absolute atomic E-state index is 0.218. The Labute approximate surface area is 157 Å². The van der Waals surface area contributed by atoms with Gasteiger partial charge in [0.05, 0.1) is 0 Å². The molecule has 0 fully saturated rings. The van der Waals surface area contributed by atoms with Crippen LogP contribution in [0.5, 0.6) is 0 Å². The van der Waals surface area contributed by atoms with E-state index in [-0.39, 0.29) is 12.1 Å². The number of alkyl halides is 2. The molecular formula is C17H20Cl2N6. The second kappa shape index (κ2) is 8.56. The van der Waals surface area contributed by atoms with Crippen molar-refractivity contribution in [3.8, 4) is 0 Å². The number of hydrogen-bond donors (Lipinski definition) is 1. The minimum atomic E-state index is -0.241. The van der Waals surface area contributed by atoms with Gasteiger partial charge in [0.1, 0.15) is 18.5 Å². The summed E-state index contributed by atoms with van der Waals surface area (Å²) in [5.41, 5.74) is 2.14. The van der Waals surface area contributed by atoms with Crippen LogP contribution in [0.1, 0.15) is 18.5 Å². The summed E-state index contributed by atoms with van der Waals surface area (Å²) < 4.78 is 0. The van der Waals surface area contributed by atoms with Gasteiger partial charge in [-0.05, 0) is 24.6 Å². The number of aliphatic imine (C=N–C) groups is 4. The summed E-state index contributed by atoms with van der Waals surface area (Å²) in [5.74, 6) is 2.55. The molecule has 0 saturated heterocycles. The Hall–Kier alpha value is -1.76. The first kappa shape index (κ1) is 18.0. The molecule has 2 aliphatic rings. The van der Waals surface area contributed by atoms with Crippen LogP contribution in [-0.2, 0) is 0 Å². The van der Waals surface area contributed by atoms with E-state index in [1.165, 1.54) is 18.2 Å². The predicted molar refractivity (Wildman–Crippen MR) is 107 cm³/mol. The molecule has 6 nitrogen and oxygen atoms in total. The molecule has 8 heteroatoms. The van der Waals surface area contributed by atoms with E-state index in [2.05, 4.69) is 49.2 Å². The second-order valence-corrected chi connectivity index (χ2v) is 6.51. The van der Waals surface area contributed by atoms with Crippen LogP contribution < -0.4 is 5.32 Å². The topological polar surface area (TPSA) is 64.7 Å². The Balaban J connectivity index is 1.75. The van der Waals surface area contributed by atoms with E-state index in [0.29, 0.717) is 17.6 Å². The maximum atomic E-state index is 5.93. The van der Waals surface area contributed by atoms with Crippen molar-refractivity contribution >= 4 is 53.2 Å². The number of fused-ring (bicyclic) bond motifs is 1. The van der Waals surface area contributed by atoms with Gasteiger partial charge in [-0.2, -0.15) is 0 Å². The highest BCUT2D eigenvalue weighted by molar-refractivity contribution is 6.23. The number of halogens is 2. The first-order chi connectivity index (χ1) is 12.2. The fourth-order valence-electron chi connectivity index (χ4n) is 2.87. The fourth-order valence-corrected chi connectivity index (χ4v) is 3.30. The van der Waals surface area contributed by atoms with Crippen molar-refractivity contribution in [1.82, 2.24) is 4.90 Å². The molecule has 2 heterocycles. The van der Waals surface area contributed by atoms with Crippen LogP contribution in [0, 0.1) is 0 Å². The van der Waals surface area contributed by atoms with Gasteiger partial charge in [-0.1, -0.05) is 12.1 Å². The lowest BCUT2D eigenvalue weighted by molar-refractivity contribution is 0.237. The molecule has 1 aromatic carbocycles. The average Bonchev–Trinajstić information content (AvgIpc) is 3.11. The molecule has 0 spiro atoms. The number of anilines is 1. The molecule has 0 amide bonds. The van der Waals surface area contributed by atoms with Gasteiger partial charge < -0.3 is 5.32 Å². The molecule has 2 atom stereocenters. The lowest BCUT2D eigenvalue weighted by Crippen LogP contribution is -2.34. The first-order valence-electron chi connectivity index (χ1n) is 8.15. The Morgan fingerprint density at radius 2 is 1.96 bits per heavy atom. The van der Waals surface area contributed by atoms with Gasteiger partial charge in [0, 0.05) is 36.6 Å². The number of rotatable bonds is 7. The third-order valence-corrected chi connectivity index (χ3v) is 4.57. The summed E-state index contributed by atoms with van der Waals surface area (Å²) in [6.07, 6.45) is 3.02. The van der Waals surface area contributed by atoms with Gasteiger partial charge in [0.25, 0.3) is 0 Å². The van der Waals surface area contributed by atoms with Gasteiger partial charge in [0.15, 0.2) is 11.9 Å². The monoisotopic (exact) mass is 378 g/mol. The van der Waals surface area contributed by atoms with E-state index in [0.717, 1.165) is 24.6 Å². The Morgan fingerprint density at radius 3 is 2.72 bits per heavy atom. The van der Waals surface area contributed by atoms with E-state index in [1.54, 1.807) is 0 Å². The predicted octanol–water partition coefficient (Wildman–Crippen LogP) is 3.19. The molecule has 0 bridgehead atoms. The van der Waals surface area contributed by atoms with Crippen LogP contribution in [0.2, 0.25) is 0 Å². The zero-order chi connectivity index (χ0) is 17.6. The van der Waals surface area contributed by atoms with Gasteiger partial charge in [-0.25, -0.2) is 15.0 Å². The van der Waals surface area contributed by atoms with E-state index in [1.807, 2.05) is 12.1 Å². The molecule has 0 aliphatic carbocycles. The molecular weight excluding hydrogens is 359 g/mol. The van der Waals surface area contributed by atoms with Crippen molar-refractivity contribution in [2.45, 2.75) is 19.0 Å². The molecule has 132 valence electrons. The van der Waals surface area contributed by atoms with Crippen LogP contribution in [0.15, 0.2) is 44.2 Å². The van der Waals surface area contributed by atoms with Gasteiger partial charge in [-0.15, -0.1) is 23.2 Å².